The van der Waals surface area contributed by atoms with Crippen molar-refractivity contribution in [3.63, 3.8) is 0 Å². The third-order valence-corrected chi connectivity index (χ3v) is 6.69. The molecule has 33 heavy (non-hydrogen) atoms. The van der Waals surface area contributed by atoms with E-state index in [1.165, 1.54) is 27.8 Å². The molecule has 0 N–H and O–H groups in total. The number of aromatic nitrogens is 2. The molecule has 156 valence electrons. The highest BCUT2D eigenvalue weighted by Gasteiger charge is 2.30. The van der Waals surface area contributed by atoms with Crippen LogP contribution in [-0.4, -0.2) is 9.97 Å². The van der Waals surface area contributed by atoms with Gasteiger partial charge in [0.25, 0.3) is 0 Å². The monoisotopic (exact) mass is 444 g/mol. The van der Waals surface area contributed by atoms with Gasteiger partial charge < -0.3 is 4.42 Å². The topological polar surface area (TPSA) is 38.9 Å². The Balaban J connectivity index is 1.48. The Labute approximate surface area is 195 Å². The van der Waals surface area contributed by atoms with Gasteiger partial charge in [-0.3, -0.25) is 0 Å². The highest BCUT2D eigenvalue weighted by molar-refractivity contribution is 6.29. The first-order valence-electron chi connectivity index (χ1n) is 10.9. The van der Waals surface area contributed by atoms with Gasteiger partial charge in [0, 0.05) is 16.9 Å². The van der Waals surface area contributed by atoms with Crippen LogP contribution in [-0.2, 0) is 0 Å². The van der Waals surface area contributed by atoms with Gasteiger partial charge in [-0.1, -0.05) is 78.9 Å². The number of hydrogen-bond donors (Lipinski definition) is 0. The summed E-state index contributed by atoms with van der Waals surface area (Å²) in [4.78, 5) is 9.06. The Bertz CT molecular complexity index is 1690. The van der Waals surface area contributed by atoms with Crippen molar-refractivity contribution in [1.82, 2.24) is 9.97 Å². The number of furan rings is 1. The van der Waals surface area contributed by atoms with Gasteiger partial charge in [0.1, 0.15) is 16.8 Å². The zero-order chi connectivity index (χ0) is 21.9. The van der Waals surface area contributed by atoms with E-state index in [1.54, 1.807) is 0 Å². The number of rotatable bonds is 2. The number of benzene rings is 4. The Hall–Kier alpha value is -3.95. The third kappa shape index (κ3) is 2.76. The molecule has 0 radical (unpaired) electrons. The van der Waals surface area contributed by atoms with Crippen LogP contribution in [0.25, 0.3) is 44.5 Å². The first-order chi connectivity index (χ1) is 16.3. The van der Waals surface area contributed by atoms with Crippen molar-refractivity contribution in [2.45, 2.75) is 5.92 Å². The molecule has 0 saturated carbocycles. The average molecular weight is 445 g/mol. The molecule has 0 saturated heterocycles. The average Bonchev–Trinajstić information content (AvgIpc) is 3.39. The summed E-state index contributed by atoms with van der Waals surface area (Å²) in [6.45, 7) is 0. The lowest BCUT2D eigenvalue weighted by Gasteiger charge is -2.14. The molecule has 3 nitrogen and oxygen atoms in total. The Morgan fingerprint density at radius 1 is 0.697 bits per heavy atom. The predicted octanol–water partition coefficient (Wildman–Crippen LogP) is 7.86. The van der Waals surface area contributed by atoms with Crippen LogP contribution < -0.4 is 0 Å². The van der Waals surface area contributed by atoms with Crippen molar-refractivity contribution < 1.29 is 4.42 Å². The molecule has 4 heteroatoms. The number of fused-ring (bicyclic) bond motifs is 6. The zero-order valence-corrected chi connectivity index (χ0v) is 18.3. The Morgan fingerprint density at radius 3 is 2.36 bits per heavy atom. The normalized spacial score (nSPS) is 14.5. The summed E-state index contributed by atoms with van der Waals surface area (Å²) in [5.74, 6) is 0.214. The zero-order valence-electron chi connectivity index (χ0n) is 17.5. The van der Waals surface area contributed by atoms with E-state index in [0.29, 0.717) is 11.3 Å². The lowest BCUT2D eigenvalue weighted by atomic mass is 9.89. The lowest BCUT2D eigenvalue weighted by Crippen LogP contribution is -1.98. The molecule has 2 aromatic heterocycles. The Kier molecular flexibility index (Phi) is 3.96. The van der Waals surface area contributed by atoms with Crippen LogP contribution in [0.4, 0.5) is 0 Å². The van der Waals surface area contributed by atoms with Crippen molar-refractivity contribution >= 4 is 33.7 Å². The minimum Gasteiger partial charge on any atom is -0.452 e. The molecule has 0 spiro atoms. The minimum atomic E-state index is 0.214. The maximum absolute atomic E-state index is 6.37. The maximum Gasteiger partial charge on any atom is 0.223 e. The summed E-state index contributed by atoms with van der Waals surface area (Å²) in [6, 6.07) is 33.7. The molecule has 0 amide bonds. The SMILES string of the molecule is Clc1nc(-c2ccc3c(c2)-c2ccccc2C3c2ccccc2)c2oc3ccccc3c2n1. The second-order valence-electron chi connectivity index (χ2n) is 8.35. The van der Waals surface area contributed by atoms with Crippen LogP contribution in [0.15, 0.2) is 101 Å². The van der Waals surface area contributed by atoms with Crippen molar-refractivity contribution in [3.05, 3.63) is 119 Å². The first-order valence-corrected chi connectivity index (χ1v) is 11.3. The van der Waals surface area contributed by atoms with E-state index in [-0.39, 0.29) is 11.2 Å². The van der Waals surface area contributed by atoms with Crippen LogP contribution in [0.2, 0.25) is 5.28 Å². The molecule has 1 aliphatic carbocycles. The van der Waals surface area contributed by atoms with Gasteiger partial charge in [0.15, 0.2) is 5.58 Å². The van der Waals surface area contributed by atoms with Gasteiger partial charge in [-0.2, -0.15) is 0 Å². The molecule has 0 bridgehead atoms. The quantitative estimate of drug-likeness (QED) is 0.255. The fourth-order valence-electron chi connectivity index (χ4n) is 5.11. The number of halogens is 1. The van der Waals surface area contributed by atoms with Crippen molar-refractivity contribution in [3.8, 4) is 22.4 Å². The molecular formula is C29H17ClN2O. The smallest absolute Gasteiger partial charge is 0.223 e. The van der Waals surface area contributed by atoms with Gasteiger partial charge in [-0.15, -0.1) is 0 Å². The van der Waals surface area contributed by atoms with Crippen LogP contribution in [0.3, 0.4) is 0 Å². The Morgan fingerprint density at radius 2 is 1.45 bits per heavy atom. The van der Waals surface area contributed by atoms with Crippen molar-refractivity contribution in [2.24, 2.45) is 0 Å². The van der Waals surface area contributed by atoms with Crippen LogP contribution >= 0.6 is 11.6 Å². The lowest BCUT2D eigenvalue weighted by molar-refractivity contribution is 0.667. The molecule has 1 atom stereocenters. The van der Waals surface area contributed by atoms with E-state index in [0.717, 1.165) is 22.0 Å². The molecule has 0 fully saturated rings. The highest BCUT2D eigenvalue weighted by Crippen LogP contribution is 2.49. The molecule has 1 aliphatic rings. The molecule has 1 unspecified atom stereocenters. The predicted molar refractivity (Wildman–Crippen MR) is 133 cm³/mol. The second-order valence-corrected chi connectivity index (χ2v) is 8.69. The molecule has 4 aromatic carbocycles. The van der Waals surface area contributed by atoms with E-state index in [2.05, 4.69) is 82.8 Å². The van der Waals surface area contributed by atoms with E-state index >= 15 is 0 Å². The molecule has 0 aliphatic heterocycles. The van der Waals surface area contributed by atoms with Crippen molar-refractivity contribution in [1.29, 1.82) is 0 Å². The number of para-hydroxylation sites is 1. The fourth-order valence-corrected chi connectivity index (χ4v) is 5.28. The largest absolute Gasteiger partial charge is 0.452 e. The standard InChI is InChI=1S/C29H17ClN2O/c30-29-31-26(28-27(32-29)22-12-6-7-13-24(22)33-28)18-14-15-21-23(16-18)19-10-4-5-11-20(19)25(21)17-8-2-1-3-9-17/h1-16,25H. The highest BCUT2D eigenvalue weighted by atomic mass is 35.5. The maximum atomic E-state index is 6.37. The summed E-state index contributed by atoms with van der Waals surface area (Å²) in [5, 5.41) is 1.15. The fraction of sp³-hybridized carbons (Fsp3) is 0.0345. The van der Waals surface area contributed by atoms with E-state index in [1.807, 2.05) is 24.3 Å². The summed E-state index contributed by atoms with van der Waals surface area (Å²) in [5.41, 5.74) is 10.2. The van der Waals surface area contributed by atoms with Gasteiger partial charge in [-0.05, 0) is 57.6 Å². The van der Waals surface area contributed by atoms with Gasteiger partial charge in [0.05, 0.1) is 0 Å². The summed E-state index contributed by atoms with van der Waals surface area (Å²) in [6.07, 6.45) is 0. The first kappa shape index (κ1) is 18.6. The van der Waals surface area contributed by atoms with Crippen LogP contribution in [0, 0.1) is 0 Å². The molecule has 6 aromatic rings. The molecule has 7 rings (SSSR count). The summed E-state index contributed by atoms with van der Waals surface area (Å²) < 4.78 is 6.19. The number of hydrogen-bond acceptors (Lipinski definition) is 3. The summed E-state index contributed by atoms with van der Waals surface area (Å²) in [7, 11) is 0. The number of nitrogens with zero attached hydrogens (tertiary/aromatic N) is 2. The minimum absolute atomic E-state index is 0.214. The second kappa shape index (κ2) is 7.03. The summed E-state index contributed by atoms with van der Waals surface area (Å²) >= 11 is 6.37. The molecule has 2 heterocycles. The van der Waals surface area contributed by atoms with E-state index in [9.17, 15) is 0 Å². The molecular weight excluding hydrogens is 428 g/mol. The third-order valence-electron chi connectivity index (χ3n) is 6.53. The van der Waals surface area contributed by atoms with E-state index < -0.39 is 0 Å². The van der Waals surface area contributed by atoms with Crippen LogP contribution in [0.5, 0.6) is 0 Å². The van der Waals surface area contributed by atoms with Crippen molar-refractivity contribution in [2.75, 3.05) is 0 Å². The van der Waals surface area contributed by atoms with Gasteiger partial charge >= 0.3 is 0 Å². The van der Waals surface area contributed by atoms with E-state index in [4.69, 9.17) is 16.0 Å². The van der Waals surface area contributed by atoms with Gasteiger partial charge in [0.2, 0.25) is 5.28 Å². The van der Waals surface area contributed by atoms with Gasteiger partial charge in [-0.25, -0.2) is 9.97 Å². The van der Waals surface area contributed by atoms with Crippen LogP contribution in [0.1, 0.15) is 22.6 Å².